The second-order valence-corrected chi connectivity index (χ2v) is 5.09. The van der Waals surface area contributed by atoms with E-state index in [1.807, 2.05) is 0 Å². The number of fused-ring (bicyclic) bond motifs is 1. The first-order valence-corrected chi connectivity index (χ1v) is 6.49. The Hall–Kier alpha value is -2.04. The highest BCUT2D eigenvalue weighted by molar-refractivity contribution is 6.31. The van der Waals surface area contributed by atoms with Gasteiger partial charge in [-0.2, -0.15) is 0 Å². The molecule has 4 nitrogen and oxygen atoms in total. The average Bonchev–Trinajstić information content (AvgIpc) is 2.44. The summed E-state index contributed by atoms with van der Waals surface area (Å²) in [5, 5.41) is 11.2. The van der Waals surface area contributed by atoms with E-state index in [4.69, 9.17) is 23.2 Å². The molecule has 0 saturated heterocycles. The van der Waals surface area contributed by atoms with Crippen LogP contribution in [0.3, 0.4) is 0 Å². The van der Waals surface area contributed by atoms with E-state index < -0.39 is 5.56 Å². The van der Waals surface area contributed by atoms with Crippen LogP contribution in [-0.4, -0.2) is 14.9 Å². The maximum atomic E-state index is 12.1. The van der Waals surface area contributed by atoms with Crippen molar-refractivity contribution in [2.45, 2.75) is 0 Å². The van der Waals surface area contributed by atoms with E-state index in [9.17, 15) is 10.0 Å². The maximum Gasteiger partial charge on any atom is 0.294 e. The fraction of sp³-hybridized carbons (Fsp3) is 0. The Labute approximate surface area is 123 Å². The predicted octanol–water partition coefficient (Wildman–Crippen LogP) is 3.61. The van der Waals surface area contributed by atoms with Gasteiger partial charge in [-0.15, -0.1) is 4.73 Å². The van der Waals surface area contributed by atoms with Crippen LogP contribution >= 0.6 is 23.2 Å². The summed E-state index contributed by atoms with van der Waals surface area (Å²) in [7, 11) is 0. The van der Waals surface area contributed by atoms with Crippen LogP contribution < -0.4 is 5.56 Å². The van der Waals surface area contributed by atoms with Crippen molar-refractivity contribution in [2.24, 2.45) is 0 Å². The first-order chi connectivity index (χ1) is 9.56. The van der Waals surface area contributed by atoms with E-state index in [0.29, 0.717) is 25.9 Å². The maximum absolute atomic E-state index is 12.1. The molecule has 0 amide bonds. The molecule has 0 fully saturated rings. The molecule has 0 aliphatic heterocycles. The van der Waals surface area contributed by atoms with Crippen LogP contribution in [0.2, 0.25) is 10.0 Å². The van der Waals surface area contributed by atoms with Crippen molar-refractivity contribution < 1.29 is 5.21 Å². The molecular formula is C14H8Cl2N2O2. The lowest BCUT2D eigenvalue weighted by Crippen LogP contribution is -2.21. The second-order valence-electron chi connectivity index (χ2n) is 4.22. The highest BCUT2D eigenvalue weighted by Gasteiger charge is 2.12. The minimum atomic E-state index is -0.567. The Morgan fingerprint density at radius 2 is 1.65 bits per heavy atom. The van der Waals surface area contributed by atoms with Gasteiger partial charge in [-0.05, 0) is 42.5 Å². The first-order valence-electron chi connectivity index (χ1n) is 5.74. The van der Waals surface area contributed by atoms with Gasteiger partial charge in [-0.3, -0.25) is 4.79 Å². The molecule has 2 aromatic carbocycles. The average molecular weight is 307 g/mol. The number of halogens is 2. The summed E-state index contributed by atoms with van der Waals surface area (Å²) in [5.41, 5.74) is 0.489. The van der Waals surface area contributed by atoms with E-state index in [1.165, 1.54) is 6.07 Å². The molecule has 3 aromatic rings. The van der Waals surface area contributed by atoms with Crippen molar-refractivity contribution >= 4 is 34.1 Å². The molecule has 0 unspecified atom stereocenters. The fourth-order valence-electron chi connectivity index (χ4n) is 1.93. The van der Waals surface area contributed by atoms with Gasteiger partial charge in [-0.25, -0.2) is 4.98 Å². The van der Waals surface area contributed by atoms with Crippen LogP contribution in [0.25, 0.3) is 22.3 Å². The van der Waals surface area contributed by atoms with Crippen LogP contribution in [0, 0.1) is 0 Å². The van der Waals surface area contributed by atoms with Gasteiger partial charge in [0.2, 0.25) is 0 Å². The minimum Gasteiger partial charge on any atom is -0.423 e. The van der Waals surface area contributed by atoms with Crippen molar-refractivity contribution in [1.82, 2.24) is 9.71 Å². The van der Waals surface area contributed by atoms with E-state index in [2.05, 4.69) is 4.98 Å². The van der Waals surface area contributed by atoms with Crippen molar-refractivity contribution in [1.29, 1.82) is 0 Å². The molecule has 1 aromatic heterocycles. The van der Waals surface area contributed by atoms with Crippen molar-refractivity contribution in [2.75, 3.05) is 0 Å². The van der Waals surface area contributed by atoms with Crippen LogP contribution in [0.4, 0.5) is 0 Å². The van der Waals surface area contributed by atoms with Gasteiger partial charge < -0.3 is 5.21 Å². The predicted molar refractivity (Wildman–Crippen MR) is 78.6 cm³/mol. The molecule has 6 heteroatoms. The van der Waals surface area contributed by atoms with Crippen LogP contribution in [0.1, 0.15) is 0 Å². The zero-order valence-electron chi connectivity index (χ0n) is 10.0. The number of hydrogen-bond acceptors (Lipinski definition) is 3. The summed E-state index contributed by atoms with van der Waals surface area (Å²) in [6, 6.07) is 11.4. The Balaban J connectivity index is 2.32. The van der Waals surface area contributed by atoms with Gasteiger partial charge in [-0.1, -0.05) is 23.2 Å². The molecular weight excluding hydrogens is 299 g/mol. The molecule has 1 heterocycles. The molecule has 0 spiro atoms. The summed E-state index contributed by atoms with van der Waals surface area (Å²) in [6.45, 7) is 0. The third-order valence-electron chi connectivity index (χ3n) is 2.91. The smallest absolute Gasteiger partial charge is 0.294 e. The number of benzene rings is 2. The molecule has 0 aliphatic rings. The van der Waals surface area contributed by atoms with Gasteiger partial charge in [0.25, 0.3) is 5.56 Å². The van der Waals surface area contributed by atoms with E-state index in [-0.39, 0.29) is 11.2 Å². The van der Waals surface area contributed by atoms with E-state index in [1.54, 1.807) is 36.4 Å². The lowest BCUT2D eigenvalue weighted by molar-refractivity contribution is 0.178. The van der Waals surface area contributed by atoms with Gasteiger partial charge in [0.05, 0.1) is 10.9 Å². The zero-order chi connectivity index (χ0) is 14.3. The largest absolute Gasteiger partial charge is 0.423 e. The minimum absolute atomic E-state index is 0.154. The van der Waals surface area contributed by atoms with E-state index in [0.717, 1.165) is 0 Å². The van der Waals surface area contributed by atoms with Crippen molar-refractivity contribution in [3.8, 4) is 11.4 Å². The standard InChI is InChI=1S/C14H8Cl2N2O2/c15-9-3-1-8(2-4-9)13-17-12-6-5-10(16)7-11(12)14(19)18(13)20/h1-7,20H. The summed E-state index contributed by atoms with van der Waals surface area (Å²) >= 11 is 11.7. The normalized spacial score (nSPS) is 10.9. The molecule has 1 N–H and O–H groups in total. The fourth-order valence-corrected chi connectivity index (χ4v) is 2.23. The van der Waals surface area contributed by atoms with E-state index >= 15 is 0 Å². The lowest BCUT2D eigenvalue weighted by atomic mass is 10.2. The molecule has 0 aliphatic carbocycles. The number of rotatable bonds is 1. The molecule has 0 saturated carbocycles. The van der Waals surface area contributed by atoms with Crippen LogP contribution in [0.5, 0.6) is 0 Å². The topological polar surface area (TPSA) is 55.1 Å². The van der Waals surface area contributed by atoms with Gasteiger partial charge in [0.15, 0.2) is 5.82 Å². The summed E-state index contributed by atoms with van der Waals surface area (Å²) < 4.78 is 0.516. The van der Waals surface area contributed by atoms with Gasteiger partial charge in [0, 0.05) is 15.6 Å². The Bertz CT molecular complexity index is 857. The van der Waals surface area contributed by atoms with Crippen molar-refractivity contribution in [3.63, 3.8) is 0 Å². The second kappa shape index (κ2) is 4.81. The lowest BCUT2D eigenvalue weighted by Gasteiger charge is -2.08. The number of hydrogen-bond donors (Lipinski definition) is 1. The molecule has 0 radical (unpaired) electrons. The number of nitrogens with zero attached hydrogens (tertiary/aromatic N) is 2. The summed E-state index contributed by atoms with van der Waals surface area (Å²) in [4.78, 5) is 16.4. The van der Waals surface area contributed by atoms with Crippen LogP contribution in [0.15, 0.2) is 47.3 Å². The SMILES string of the molecule is O=c1c2cc(Cl)ccc2nc(-c2ccc(Cl)cc2)n1O. The summed E-state index contributed by atoms with van der Waals surface area (Å²) in [5.74, 6) is 0.154. The molecule has 0 atom stereocenters. The van der Waals surface area contributed by atoms with Crippen LogP contribution in [-0.2, 0) is 0 Å². The number of aromatic nitrogens is 2. The third-order valence-corrected chi connectivity index (χ3v) is 3.40. The summed E-state index contributed by atoms with van der Waals surface area (Å²) in [6.07, 6.45) is 0. The van der Waals surface area contributed by atoms with Gasteiger partial charge in [0.1, 0.15) is 0 Å². The molecule has 0 bridgehead atoms. The quantitative estimate of drug-likeness (QED) is 0.699. The molecule has 20 heavy (non-hydrogen) atoms. The molecule has 100 valence electrons. The third kappa shape index (κ3) is 2.13. The Morgan fingerprint density at radius 3 is 2.35 bits per heavy atom. The Kier molecular flexibility index (Phi) is 3.12. The monoisotopic (exact) mass is 306 g/mol. The molecule has 3 rings (SSSR count). The highest BCUT2D eigenvalue weighted by atomic mass is 35.5. The zero-order valence-corrected chi connectivity index (χ0v) is 11.6. The highest BCUT2D eigenvalue weighted by Crippen LogP contribution is 2.21. The Morgan fingerprint density at radius 1 is 1.00 bits per heavy atom. The first kappa shape index (κ1) is 13.0. The van der Waals surface area contributed by atoms with Crippen molar-refractivity contribution in [3.05, 3.63) is 62.9 Å². The van der Waals surface area contributed by atoms with Gasteiger partial charge >= 0.3 is 0 Å².